The lowest BCUT2D eigenvalue weighted by Gasteiger charge is -2.02. The third-order valence-corrected chi connectivity index (χ3v) is 2.85. The van der Waals surface area contributed by atoms with Gasteiger partial charge in [-0.15, -0.1) is 0 Å². The minimum atomic E-state index is 0.996. The van der Waals surface area contributed by atoms with E-state index >= 15 is 0 Å². The molecule has 0 unspecified atom stereocenters. The van der Waals surface area contributed by atoms with Gasteiger partial charge in [-0.3, -0.25) is 5.10 Å². The Balaban J connectivity index is 2.38. The number of benzene rings is 1. The first-order chi connectivity index (χ1) is 6.81. The summed E-state index contributed by atoms with van der Waals surface area (Å²) >= 11 is 3.53. The van der Waals surface area contributed by atoms with Gasteiger partial charge in [0.1, 0.15) is 0 Å². The number of nitrogens with one attached hydrogen (secondary N) is 2. The van der Waals surface area contributed by atoms with Crippen molar-refractivity contribution in [1.82, 2.24) is 15.5 Å². The first kappa shape index (κ1) is 9.68. The Morgan fingerprint density at radius 2 is 2.36 bits per heavy atom. The Morgan fingerprint density at radius 1 is 1.50 bits per heavy atom. The molecule has 1 aromatic heterocycles. The van der Waals surface area contributed by atoms with Crippen molar-refractivity contribution in [1.29, 1.82) is 0 Å². The van der Waals surface area contributed by atoms with Crippen molar-refractivity contribution >= 4 is 26.8 Å². The van der Waals surface area contributed by atoms with Crippen LogP contribution < -0.4 is 5.32 Å². The molecule has 0 spiro atoms. The maximum absolute atomic E-state index is 4.01. The number of hydrogen-bond donors (Lipinski definition) is 2. The third kappa shape index (κ3) is 1.81. The number of hydrogen-bond acceptors (Lipinski definition) is 2. The quantitative estimate of drug-likeness (QED) is 0.880. The molecule has 0 atom stereocenters. The molecule has 0 aliphatic heterocycles. The maximum Gasteiger partial charge on any atom is 0.0792 e. The average molecular weight is 254 g/mol. The molecule has 4 heteroatoms. The minimum absolute atomic E-state index is 0.996. The fourth-order valence-electron chi connectivity index (χ4n) is 1.49. The summed E-state index contributed by atoms with van der Waals surface area (Å²) < 4.78 is 1.08. The maximum atomic E-state index is 4.01. The van der Waals surface area contributed by atoms with Gasteiger partial charge in [0.15, 0.2) is 0 Å². The van der Waals surface area contributed by atoms with Gasteiger partial charge in [-0.2, -0.15) is 5.10 Å². The normalized spacial score (nSPS) is 11.0. The topological polar surface area (TPSA) is 40.7 Å². The Morgan fingerprint density at radius 3 is 3.14 bits per heavy atom. The molecule has 1 heterocycles. The third-order valence-electron chi connectivity index (χ3n) is 2.22. The highest BCUT2D eigenvalue weighted by atomic mass is 79.9. The molecule has 0 saturated heterocycles. The summed E-state index contributed by atoms with van der Waals surface area (Å²) in [5.41, 5.74) is 2.39. The molecular formula is C10H12BrN3. The van der Waals surface area contributed by atoms with Crippen molar-refractivity contribution in [3.05, 3.63) is 28.4 Å². The zero-order valence-electron chi connectivity index (χ0n) is 7.97. The van der Waals surface area contributed by atoms with Crippen molar-refractivity contribution in [2.75, 3.05) is 13.6 Å². The van der Waals surface area contributed by atoms with E-state index in [4.69, 9.17) is 0 Å². The van der Waals surface area contributed by atoms with Crippen molar-refractivity contribution in [3.63, 3.8) is 0 Å². The Kier molecular flexibility index (Phi) is 2.84. The molecule has 2 N–H and O–H groups in total. The van der Waals surface area contributed by atoms with Crippen LogP contribution in [0, 0.1) is 0 Å². The van der Waals surface area contributed by atoms with E-state index in [1.165, 1.54) is 5.56 Å². The van der Waals surface area contributed by atoms with Gasteiger partial charge in [-0.1, -0.05) is 0 Å². The highest BCUT2D eigenvalue weighted by molar-refractivity contribution is 9.10. The summed E-state index contributed by atoms with van der Waals surface area (Å²) in [6, 6.07) is 4.30. The van der Waals surface area contributed by atoms with Crippen LogP contribution in [-0.2, 0) is 6.42 Å². The molecule has 1 aromatic carbocycles. The van der Waals surface area contributed by atoms with Crippen molar-refractivity contribution < 1.29 is 0 Å². The van der Waals surface area contributed by atoms with E-state index in [0.717, 1.165) is 28.3 Å². The molecular weight excluding hydrogens is 242 g/mol. The molecule has 0 saturated carbocycles. The Labute approximate surface area is 91.0 Å². The highest BCUT2D eigenvalue weighted by Crippen LogP contribution is 2.23. The van der Waals surface area contributed by atoms with E-state index in [-0.39, 0.29) is 0 Å². The SMILES string of the molecule is CNCCc1cc(Br)c2[nH]ncc2c1. The van der Waals surface area contributed by atoms with Crippen molar-refractivity contribution in [2.24, 2.45) is 0 Å². The van der Waals surface area contributed by atoms with E-state index in [2.05, 4.69) is 43.6 Å². The monoisotopic (exact) mass is 253 g/mol. The van der Waals surface area contributed by atoms with Crippen LogP contribution in [0.15, 0.2) is 22.8 Å². The van der Waals surface area contributed by atoms with Crippen LogP contribution in [0.2, 0.25) is 0 Å². The number of aromatic nitrogens is 2. The second-order valence-corrected chi connectivity index (χ2v) is 4.12. The van der Waals surface area contributed by atoms with E-state index in [1.54, 1.807) is 0 Å². The molecule has 3 nitrogen and oxygen atoms in total. The molecule has 0 radical (unpaired) electrons. The van der Waals surface area contributed by atoms with Gasteiger partial charge < -0.3 is 5.32 Å². The van der Waals surface area contributed by atoms with E-state index in [1.807, 2.05) is 13.2 Å². The summed E-state index contributed by atoms with van der Waals surface area (Å²) in [6.45, 7) is 0.996. The predicted molar refractivity (Wildman–Crippen MR) is 61.4 cm³/mol. The largest absolute Gasteiger partial charge is 0.319 e. The number of fused-ring (bicyclic) bond motifs is 1. The fourth-order valence-corrected chi connectivity index (χ4v) is 2.10. The fraction of sp³-hybridized carbons (Fsp3) is 0.300. The predicted octanol–water partition coefficient (Wildman–Crippen LogP) is 2.09. The molecule has 14 heavy (non-hydrogen) atoms. The van der Waals surface area contributed by atoms with Gasteiger partial charge in [-0.05, 0) is 53.6 Å². The van der Waals surface area contributed by atoms with Crippen molar-refractivity contribution in [3.8, 4) is 0 Å². The van der Waals surface area contributed by atoms with Crippen LogP contribution in [0.5, 0.6) is 0 Å². The number of likely N-dealkylation sites (N-methyl/N-ethyl adjacent to an activating group) is 1. The first-order valence-corrected chi connectivity index (χ1v) is 5.36. The van der Waals surface area contributed by atoms with Crippen molar-refractivity contribution in [2.45, 2.75) is 6.42 Å². The van der Waals surface area contributed by atoms with Crippen LogP contribution in [0.1, 0.15) is 5.56 Å². The highest BCUT2D eigenvalue weighted by Gasteiger charge is 2.03. The number of nitrogens with zero attached hydrogens (tertiary/aromatic N) is 1. The van der Waals surface area contributed by atoms with Gasteiger partial charge in [0.2, 0.25) is 0 Å². The lowest BCUT2D eigenvalue weighted by atomic mass is 10.1. The van der Waals surface area contributed by atoms with Gasteiger partial charge in [0.25, 0.3) is 0 Å². The number of H-pyrrole nitrogens is 1. The number of rotatable bonds is 3. The van der Waals surface area contributed by atoms with Crippen LogP contribution in [0.25, 0.3) is 10.9 Å². The van der Waals surface area contributed by atoms with Gasteiger partial charge in [0.05, 0.1) is 11.7 Å². The Hall–Kier alpha value is -0.870. The molecule has 2 aromatic rings. The summed E-state index contributed by atoms with van der Waals surface area (Å²) in [5, 5.41) is 11.3. The van der Waals surface area contributed by atoms with Crippen LogP contribution in [0.3, 0.4) is 0 Å². The molecule has 0 fully saturated rings. The Bertz CT molecular complexity index is 436. The standard InChI is InChI=1S/C10H12BrN3/c1-12-3-2-7-4-8-6-13-14-10(8)9(11)5-7/h4-6,12H,2-3H2,1H3,(H,13,14). The molecule has 0 bridgehead atoms. The molecule has 2 rings (SSSR count). The van der Waals surface area contributed by atoms with E-state index in [9.17, 15) is 0 Å². The minimum Gasteiger partial charge on any atom is -0.319 e. The number of halogens is 1. The molecule has 0 amide bonds. The molecule has 74 valence electrons. The van der Waals surface area contributed by atoms with Crippen LogP contribution in [-0.4, -0.2) is 23.8 Å². The van der Waals surface area contributed by atoms with Gasteiger partial charge in [-0.25, -0.2) is 0 Å². The van der Waals surface area contributed by atoms with Gasteiger partial charge >= 0.3 is 0 Å². The summed E-state index contributed by atoms with van der Waals surface area (Å²) in [4.78, 5) is 0. The summed E-state index contributed by atoms with van der Waals surface area (Å²) in [7, 11) is 1.96. The van der Waals surface area contributed by atoms with E-state index < -0.39 is 0 Å². The average Bonchev–Trinajstić information content (AvgIpc) is 2.63. The van der Waals surface area contributed by atoms with Crippen LogP contribution in [0.4, 0.5) is 0 Å². The molecule has 0 aliphatic carbocycles. The zero-order valence-corrected chi connectivity index (χ0v) is 9.56. The van der Waals surface area contributed by atoms with Crippen LogP contribution >= 0.6 is 15.9 Å². The number of aromatic amines is 1. The summed E-state index contributed by atoms with van der Waals surface area (Å²) in [6.07, 6.45) is 2.89. The second-order valence-electron chi connectivity index (χ2n) is 3.27. The second kappa shape index (κ2) is 4.11. The molecule has 0 aliphatic rings. The first-order valence-electron chi connectivity index (χ1n) is 4.57. The lowest BCUT2D eigenvalue weighted by Crippen LogP contribution is -2.10. The van der Waals surface area contributed by atoms with Gasteiger partial charge in [0, 0.05) is 9.86 Å². The lowest BCUT2D eigenvalue weighted by molar-refractivity contribution is 0.792. The summed E-state index contributed by atoms with van der Waals surface area (Å²) in [5.74, 6) is 0. The smallest absolute Gasteiger partial charge is 0.0792 e. The van der Waals surface area contributed by atoms with E-state index in [0.29, 0.717) is 0 Å². The zero-order chi connectivity index (χ0) is 9.97.